The molecule has 4 nitrogen and oxygen atoms in total. The Kier molecular flexibility index (Phi) is 8.72. The van der Waals surface area contributed by atoms with Crippen molar-refractivity contribution in [1.82, 2.24) is 10.2 Å². The molecule has 1 saturated carbocycles. The van der Waals surface area contributed by atoms with Gasteiger partial charge in [0.25, 0.3) is 0 Å². The Labute approximate surface area is 177 Å². The summed E-state index contributed by atoms with van der Waals surface area (Å²) in [6.45, 7) is 5.31. The standard InChI is InChI=1S/C20H29F2N3O.HI/c1-3-23-20(25(2)10-7-14-8-11-26-12-9-14)24-18-13-15(18)19-16(21)5-4-6-17(19)22;/h4-6,14-15,18H,3,7-13H2,1-2H3,(H,23,24);1H. The molecule has 27 heavy (non-hydrogen) atoms. The SMILES string of the molecule is CCN=C(NC1CC1c1c(F)cccc1F)N(C)CCC1CCOCC1.I. The second-order valence-electron chi connectivity index (χ2n) is 7.29. The molecule has 2 unspecified atom stereocenters. The molecule has 3 rings (SSSR count). The van der Waals surface area contributed by atoms with Gasteiger partial charge in [0.2, 0.25) is 0 Å². The predicted molar refractivity (Wildman–Crippen MR) is 115 cm³/mol. The molecule has 0 amide bonds. The normalized spacial score (nSPS) is 22.9. The zero-order valence-corrected chi connectivity index (χ0v) is 18.4. The van der Waals surface area contributed by atoms with Crippen LogP contribution in [0.4, 0.5) is 8.78 Å². The third-order valence-electron chi connectivity index (χ3n) is 5.36. The molecule has 2 aliphatic rings. The molecule has 7 heteroatoms. The van der Waals surface area contributed by atoms with Crippen molar-refractivity contribution in [2.75, 3.05) is 33.4 Å². The molecular formula is C20H30F2IN3O. The Hall–Kier alpha value is -0.960. The van der Waals surface area contributed by atoms with Crippen molar-refractivity contribution in [2.45, 2.75) is 44.6 Å². The smallest absolute Gasteiger partial charge is 0.193 e. The molecule has 1 aliphatic heterocycles. The van der Waals surface area contributed by atoms with E-state index in [1.807, 2.05) is 14.0 Å². The lowest BCUT2D eigenvalue weighted by atomic mass is 9.96. The van der Waals surface area contributed by atoms with Crippen LogP contribution >= 0.6 is 24.0 Å². The van der Waals surface area contributed by atoms with Crippen LogP contribution in [0.1, 0.15) is 44.1 Å². The number of nitrogens with zero attached hydrogens (tertiary/aromatic N) is 2. The average Bonchev–Trinajstić information content (AvgIpc) is 3.39. The molecule has 0 spiro atoms. The fourth-order valence-corrected chi connectivity index (χ4v) is 3.65. The van der Waals surface area contributed by atoms with Crippen LogP contribution in [0.5, 0.6) is 0 Å². The van der Waals surface area contributed by atoms with Crippen molar-refractivity contribution in [3.8, 4) is 0 Å². The summed E-state index contributed by atoms with van der Waals surface area (Å²) in [6.07, 6.45) is 4.09. The van der Waals surface area contributed by atoms with Crippen molar-refractivity contribution < 1.29 is 13.5 Å². The van der Waals surface area contributed by atoms with Crippen molar-refractivity contribution >= 4 is 29.9 Å². The summed E-state index contributed by atoms with van der Waals surface area (Å²) < 4.78 is 33.3. The zero-order chi connectivity index (χ0) is 18.5. The minimum Gasteiger partial charge on any atom is -0.381 e. The molecule has 0 radical (unpaired) electrons. The molecule has 1 N–H and O–H groups in total. The summed E-state index contributed by atoms with van der Waals surface area (Å²) in [5.74, 6) is 0.489. The molecule has 1 aromatic rings. The van der Waals surface area contributed by atoms with E-state index >= 15 is 0 Å². The summed E-state index contributed by atoms with van der Waals surface area (Å²) in [5, 5.41) is 3.40. The van der Waals surface area contributed by atoms with Gasteiger partial charge in [-0.2, -0.15) is 0 Å². The van der Waals surface area contributed by atoms with Gasteiger partial charge in [-0.05, 0) is 50.7 Å². The zero-order valence-electron chi connectivity index (χ0n) is 16.1. The Morgan fingerprint density at radius 2 is 1.93 bits per heavy atom. The van der Waals surface area contributed by atoms with Crippen LogP contribution in [-0.4, -0.2) is 50.3 Å². The van der Waals surface area contributed by atoms with Gasteiger partial charge in [0, 0.05) is 50.9 Å². The minimum absolute atomic E-state index is 0. The van der Waals surface area contributed by atoms with Gasteiger partial charge in [-0.3, -0.25) is 4.99 Å². The topological polar surface area (TPSA) is 36.9 Å². The van der Waals surface area contributed by atoms with Gasteiger partial charge in [-0.25, -0.2) is 8.78 Å². The highest BCUT2D eigenvalue weighted by atomic mass is 127. The third-order valence-corrected chi connectivity index (χ3v) is 5.36. The second kappa shape index (κ2) is 10.5. The number of guanidine groups is 1. The fraction of sp³-hybridized carbons (Fsp3) is 0.650. The largest absolute Gasteiger partial charge is 0.381 e. The van der Waals surface area contributed by atoms with Crippen LogP contribution in [0.25, 0.3) is 0 Å². The lowest BCUT2D eigenvalue weighted by Crippen LogP contribution is -2.41. The minimum atomic E-state index is -0.457. The molecule has 1 aromatic carbocycles. The summed E-state index contributed by atoms with van der Waals surface area (Å²) in [5.41, 5.74) is 0.200. The van der Waals surface area contributed by atoms with Crippen LogP contribution in [-0.2, 0) is 4.74 Å². The summed E-state index contributed by atoms with van der Waals surface area (Å²) in [7, 11) is 2.03. The summed E-state index contributed by atoms with van der Waals surface area (Å²) in [6, 6.07) is 4.11. The molecule has 152 valence electrons. The summed E-state index contributed by atoms with van der Waals surface area (Å²) in [4.78, 5) is 6.69. The lowest BCUT2D eigenvalue weighted by molar-refractivity contribution is 0.0625. The first kappa shape index (κ1) is 22.3. The van der Waals surface area contributed by atoms with E-state index in [4.69, 9.17) is 4.74 Å². The number of rotatable bonds is 6. The fourth-order valence-electron chi connectivity index (χ4n) is 3.65. The molecule has 1 heterocycles. The average molecular weight is 493 g/mol. The van der Waals surface area contributed by atoms with Crippen LogP contribution in [0, 0.1) is 17.6 Å². The van der Waals surface area contributed by atoms with Gasteiger partial charge in [-0.15, -0.1) is 24.0 Å². The van der Waals surface area contributed by atoms with E-state index in [1.54, 1.807) is 0 Å². The van der Waals surface area contributed by atoms with Gasteiger partial charge >= 0.3 is 0 Å². The predicted octanol–water partition coefficient (Wildman–Crippen LogP) is 4.15. The summed E-state index contributed by atoms with van der Waals surface area (Å²) >= 11 is 0. The van der Waals surface area contributed by atoms with Gasteiger partial charge < -0.3 is 15.0 Å². The van der Waals surface area contributed by atoms with Crippen molar-refractivity contribution in [3.05, 3.63) is 35.4 Å². The second-order valence-corrected chi connectivity index (χ2v) is 7.29. The first-order chi connectivity index (χ1) is 12.6. The van der Waals surface area contributed by atoms with Gasteiger partial charge in [0.15, 0.2) is 5.96 Å². The van der Waals surface area contributed by atoms with Gasteiger partial charge in [0.05, 0.1) is 0 Å². The van der Waals surface area contributed by atoms with Crippen LogP contribution in [0.15, 0.2) is 23.2 Å². The van der Waals surface area contributed by atoms with Crippen molar-refractivity contribution in [2.24, 2.45) is 10.9 Å². The maximum absolute atomic E-state index is 14.0. The molecule has 0 aromatic heterocycles. The number of hydrogen-bond donors (Lipinski definition) is 1. The van der Waals surface area contributed by atoms with E-state index in [0.717, 1.165) is 51.4 Å². The number of hydrogen-bond acceptors (Lipinski definition) is 2. The molecular weight excluding hydrogens is 463 g/mol. The number of benzene rings is 1. The molecule has 1 saturated heterocycles. The Bertz CT molecular complexity index is 617. The van der Waals surface area contributed by atoms with Gasteiger partial charge in [-0.1, -0.05) is 6.07 Å². The number of nitrogens with one attached hydrogen (secondary N) is 1. The highest BCUT2D eigenvalue weighted by molar-refractivity contribution is 14.0. The van der Waals surface area contributed by atoms with E-state index in [9.17, 15) is 8.78 Å². The van der Waals surface area contributed by atoms with Crippen molar-refractivity contribution in [1.29, 1.82) is 0 Å². The maximum Gasteiger partial charge on any atom is 0.193 e. The Morgan fingerprint density at radius 1 is 1.26 bits per heavy atom. The highest BCUT2D eigenvalue weighted by Gasteiger charge is 2.42. The van der Waals surface area contributed by atoms with Crippen LogP contribution < -0.4 is 5.32 Å². The highest BCUT2D eigenvalue weighted by Crippen LogP contribution is 2.43. The quantitative estimate of drug-likeness (QED) is 0.368. The first-order valence-electron chi connectivity index (χ1n) is 9.64. The van der Waals surface area contributed by atoms with E-state index in [-0.39, 0.29) is 41.5 Å². The van der Waals surface area contributed by atoms with E-state index < -0.39 is 11.6 Å². The molecule has 2 atom stereocenters. The molecule has 2 fully saturated rings. The lowest BCUT2D eigenvalue weighted by Gasteiger charge is -2.27. The van der Waals surface area contributed by atoms with Crippen molar-refractivity contribution in [3.63, 3.8) is 0 Å². The number of aliphatic imine (C=N–C) groups is 1. The first-order valence-corrected chi connectivity index (χ1v) is 9.64. The van der Waals surface area contributed by atoms with Crippen LogP contribution in [0.2, 0.25) is 0 Å². The Morgan fingerprint density at radius 3 is 2.56 bits per heavy atom. The number of halogens is 3. The molecule has 1 aliphatic carbocycles. The van der Waals surface area contributed by atoms with Crippen LogP contribution in [0.3, 0.4) is 0 Å². The Balaban J connectivity index is 0.00000261. The van der Waals surface area contributed by atoms with E-state index in [1.165, 1.54) is 18.2 Å². The van der Waals surface area contributed by atoms with E-state index in [0.29, 0.717) is 12.5 Å². The third kappa shape index (κ3) is 6.01. The molecule has 0 bridgehead atoms. The monoisotopic (exact) mass is 493 g/mol. The number of ether oxygens (including phenoxy) is 1. The van der Waals surface area contributed by atoms with Gasteiger partial charge in [0.1, 0.15) is 11.6 Å². The maximum atomic E-state index is 14.0. The van der Waals surface area contributed by atoms with E-state index in [2.05, 4.69) is 15.2 Å².